The van der Waals surface area contributed by atoms with E-state index in [-0.39, 0.29) is 47.1 Å². The minimum absolute atomic E-state index is 0.00211. The molecule has 4 rings (SSSR count). The van der Waals surface area contributed by atoms with Crippen molar-refractivity contribution in [3.8, 4) is 5.69 Å². The van der Waals surface area contributed by atoms with Gasteiger partial charge in [0.1, 0.15) is 12.7 Å². The van der Waals surface area contributed by atoms with Gasteiger partial charge >= 0.3 is 6.18 Å². The first-order chi connectivity index (χ1) is 16.4. The molecule has 0 spiro atoms. The number of sulfonamides is 1. The van der Waals surface area contributed by atoms with E-state index >= 15 is 0 Å². The number of amides is 1. The largest absolute Gasteiger partial charge is 0.416 e. The molecule has 0 bridgehead atoms. The van der Waals surface area contributed by atoms with Crippen LogP contribution in [0, 0.1) is 0 Å². The Morgan fingerprint density at radius 2 is 1.74 bits per heavy atom. The van der Waals surface area contributed by atoms with E-state index in [0.717, 1.165) is 12.1 Å². The number of alkyl halides is 3. The summed E-state index contributed by atoms with van der Waals surface area (Å²) in [5.74, 6) is -0.719. The van der Waals surface area contributed by atoms with Gasteiger partial charge in [0.2, 0.25) is 10.0 Å². The number of rotatable bonds is 5. The van der Waals surface area contributed by atoms with Gasteiger partial charge < -0.3 is 10.1 Å². The van der Waals surface area contributed by atoms with E-state index in [0.29, 0.717) is 0 Å². The second-order valence-electron chi connectivity index (χ2n) is 8.13. The van der Waals surface area contributed by atoms with Crippen LogP contribution in [0.5, 0.6) is 0 Å². The molecule has 1 fully saturated rings. The number of benzene rings is 2. The Labute approximate surface area is 199 Å². The minimum atomic E-state index is -4.62. The van der Waals surface area contributed by atoms with E-state index in [9.17, 15) is 26.4 Å². The molecule has 35 heavy (non-hydrogen) atoms. The lowest BCUT2D eigenvalue weighted by molar-refractivity contribution is -0.137. The summed E-state index contributed by atoms with van der Waals surface area (Å²) < 4.78 is 73.9. The van der Waals surface area contributed by atoms with Crippen molar-refractivity contribution >= 4 is 21.6 Å². The van der Waals surface area contributed by atoms with Crippen molar-refractivity contribution < 1.29 is 31.1 Å². The maximum atomic E-state index is 13.2. The van der Waals surface area contributed by atoms with E-state index in [1.807, 2.05) is 0 Å². The zero-order valence-electron chi connectivity index (χ0n) is 18.7. The number of morpholine rings is 1. The van der Waals surface area contributed by atoms with Gasteiger partial charge in [-0.15, -0.1) is 0 Å². The number of halogens is 3. The zero-order chi connectivity index (χ0) is 25.4. The molecule has 1 aliphatic heterocycles. The maximum absolute atomic E-state index is 13.2. The lowest BCUT2D eigenvalue weighted by Gasteiger charge is -2.34. The van der Waals surface area contributed by atoms with Gasteiger partial charge in [-0.3, -0.25) is 4.79 Å². The van der Waals surface area contributed by atoms with Crippen LogP contribution < -0.4 is 5.32 Å². The first-order valence-electron chi connectivity index (χ1n) is 10.6. The molecule has 2 aromatic carbocycles. The van der Waals surface area contributed by atoms with Crippen molar-refractivity contribution in [2.75, 3.05) is 18.4 Å². The molecule has 1 saturated heterocycles. The standard InChI is InChI=1S/C22H22F3N5O4S/c1-14-10-29(11-15(2)34-14)35(32,33)18-6-3-16(4-7-18)21(31)28-19-9-17(22(23,24)25)5-8-20(19)30-13-26-12-27-30/h3-9,12-15H,10-11H2,1-2H3,(H,28,31)/t14-,15+. The van der Waals surface area contributed by atoms with E-state index in [1.165, 1.54) is 52.0 Å². The molecule has 1 aromatic heterocycles. The van der Waals surface area contributed by atoms with Crippen molar-refractivity contribution in [3.63, 3.8) is 0 Å². The highest BCUT2D eigenvalue weighted by Crippen LogP contribution is 2.33. The molecule has 0 saturated carbocycles. The Morgan fingerprint density at radius 3 is 2.31 bits per heavy atom. The fourth-order valence-electron chi connectivity index (χ4n) is 3.79. The molecular formula is C22H22F3N5O4S. The van der Waals surface area contributed by atoms with Crippen molar-refractivity contribution in [2.24, 2.45) is 0 Å². The van der Waals surface area contributed by atoms with Gasteiger partial charge in [0, 0.05) is 18.7 Å². The predicted molar refractivity (Wildman–Crippen MR) is 120 cm³/mol. The summed E-state index contributed by atoms with van der Waals surface area (Å²) in [7, 11) is -3.81. The zero-order valence-corrected chi connectivity index (χ0v) is 19.5. The number of nitrogens with one attached hydrogen (secondary N) is 1. The molecule has 1 aliphatic rings. The van der Waals surface area contributed by atoms with Gasteiger partial charge in [-0.2, -0.15) is 22.6 Å². The van der Waals surface area contributed by atoms with Crippen LogP contribution in [-0.4, -0.2) is 58.7 Å². The molecule has 2 atom stereocenters. The van der Waals surface area contributed by atoms with Crippen LogP contribution >= 0.6 is 0 Å². The number of carbonyl (C=O) groups is 1. The summed E-state index contributed by atoms with van der Waals surface area (Å²) in [6, 6.07) is 8.04. The molecule has 9 nitrogen and oxygen atoms in total. The van der Waals surface area contributed by atoms with Crippen molar-refractivity contribution in [2.45, 2.75) is 37.1 Å². The van der Waals surface area contributed by atoms with Crippen LogP contribution in [0.3, 0.4) is 0 Å². The molecule has 1 amide bonds. The Kier molecular flexibility index (Phi) is 6.66. The second-order valence-corrected chi connectivity index (χ2v) is 10.1. The molecule has 1 N–H and O–H groups in total. The summed E-state index contributed by atoms with van der Waals surface area (Å²) in [6.45, 7) is 3.98. The fraction of sp³-hybridized carbons (Fsp3) is 0.318. The summed E-state index contributed by atoms with van der Waals surface area (Å²) in [6.07, 6.45) is -2.65. The highest BCUT2D eigenvalue weighted by molar-refractivity contribution is 7.89. The SMILES string of the molecule is C[C@@H]1CN(S(=O)(=O)c2ccc(C(=O)Nc3cc(C(F)(F)F)ccc3-n3cncn3)cc2)C[C@H](C)O1. The van der Waals surface area contributed by atoms with Gasteiger partial charge in [0.05, 0.1) is 34.0 Å². The molecule has 2 heterocycles. The molecule has 0 radical (unpaired) electrons. The third kappa shape index (κ3) is 5.36. The van der Waals surface area contributed by atoms with E-state index in [4.69, 9.17) is 4.74 Å². The van der Waals surface area contributed by atoms with Crippen LogP contribution in [0.4, 0.5) is 18.9 Å². The summed E-state index contributed by atoms with van der Waals surface area (Å²) >= 11 is 0. The monoisotopic (exact) mass is 509 g/mol. The van der Waals surface area contributed by atoms with Crippen molar-refractivity contribution in [3.05, 3.63) is 66.2 Å². The average molecular weight is 510 g/mol. The van der Waals surface area contributed by atoms with Crippen molar-refractivity contribution in [1.82, 2.24) is 19.1 Å². The minimum Gasteiger partial charge on any atom is -0.373 e. The predicted octanol–water partition coefficient (Wildman–Crippen LogP) is 3.34. The molecule has 186 valence electrons. The smallest absolute Gasteiger partial charge is 0.373 e. The normalized spacial score (nSPS) is 19.5. The molecule has 13 heteroatoms. The molecule has 0 unspecified atom stereocenters. The van der Waals surface area contributed by atoms with Gasteiger partial charge in [0.25, 0.3) is 5.91 Å². The summed E-state index contributed by atoms with van der Waals surface area (Å²) in [4.78, 5) is 16.6. The van der Waals surface area contributed by atoms with Crippen molar-refractivity contribution in [1.29, 1.82) is 0 Å². The number of aromatic nitrogens is 3. The quantitative estimate of drug-likeness (QED) is 0.566. The third-order valence-electron chi connectivity index (χ3n) is 5.38. The number of carbonyl (C=O) groups excluding carboxylic acids is 1. The van der Waals surface area contributed by atoms with Crippen LogP contribution in [-0.2, 0) is 20.9 Å². The van der Waals surface area contributed by atoms with Gasteiger partial charge in [-0.1, -0.05) is 0 Å². The number of nitrogens with zero attached hydrogens (tertiary/aromatic N) is 4. The van der Waals surface area contributed by atoms with Gasteiger partial charge in [-0.25, -0.2) is 18.1 Å². The van der Waals surface area contributed by atoms with E-state index < -0.39 is 27.7 Å². The van der Waals surface area contributed by atoms with Gasteiger partial charge in [-0.05, 0) is 56.3 Å². The van der Waals surface area contributed by atoms with Crippen LogP contribution in [0.15, 0.2) is 60.0 Å². The second kappa shape index (κ2) is 9.40. The van der Waals surface area contributed by atoms with Crippen LogP contribution in [0.1, 0.15) is 29.8 Å². The van der Waals surface area contributed by atoms with Gasteiger partial charge in [0.15, 0.2) is 0 Å². The summed E-state index contributed by atoms with van der Waals surface area (Å²) in [5, 5.41) is 6.36. The van der Waals surface area contributed by atoms with E-state index in [2.05, 4.69) is 15.4 Å². The first-order valence-corrected chi connectivity index (χ1v) is 12.0. The fourth-order valence-corrected chi connectivity index (χ4v) is 5.38. The topological polar surface area (TPSA) is 106 Å². The van der Waals surface area contributed by atoms with Crippen LogP contribution in [0.2, 0.25) is 0 Å². The molecule has 0 aliphatic carbocycles. The number of ether oxygens (including phenoxy) is 1. The Balaban J connectivity index is 1.58. The Bertz CT molecular complexity index is 1300. The Morgan fingerprint density at radius 1 is 1.09 bits per heavy atom. The number of hydrogen-bond donors (Lipinski definition) is 1. The maximum Gasteiger partial charge on any atom is 0.416 e. The number of hydrogen-bond acceptors (Lipinski definition) is 6. The highest BCUT2D eigenvalue weighted by Gasteiger charge is 2.33. The first kappa shape index (κ1) is 24.8. The number of anilines is 1. The van der Waals surface area contributed by atoms with Crippen LogP contribution in [0.25, 0.3) is 5.69 Å². The lowest BCUT2D eigenvalue weighted by Crippen LogP contribution is -2.48. The average Bonchev–Trinajstić information content (AvgIpc) is 3.32. The molecular weight excluding hydrogens is 487 g/mol. The highest BCUT2D eigenvalue weighted by atomic mass is 32.2. The summed E-state index contributed by atoms with van der Waals surface area (Å²) in [5.41, 5.74) is -0.844. The lowest BCUT2D eigenvalue weighted by atomic mass is 10.1. The third-order valence-corrected chi connectivity index (χ3v) is 7.22. The van der Waals surface area contributed by atoms with E-state index in [1.54, 1.807) is 13.8 Å². The molecule has 3 aromatic rings. The Hall–Kier alpha value is -3.29.